The molecule has 0 aliphatic heterocycles. The van der Waals surface area contributed by atoms with Gasteiger partial charge >= 0.3 is 0 Å². The molecular weight excluding hydrogens is 382 g/mol. The average molecular weight is 402 g/mol. The van der Waals surface area contributed by atoms with Gasteiger partial charge in [0.25, 0.3) is 17.7 Å². The minimum Gasteiger partial charge on any atom is -0.372 e. The van der Waals surface area contributed by atoms with E-state index in [0.29, 0.717) is 17.8 Å². The van der Waals surface area contributed by atoms with E-state index in [1.165, 1.54) is 9.58 Å². The number of aromatic nitrogens is 2. The van der Waals surface area contributed by atoms with Gasteiger partial charge in [0.15, 0.2) is 11.8 Å². The van der Waals surface area contributed by atoms with Gasteiger partial charge in [0.05, 0.1) is 17.8 Å². The van der Waals surface area contributed by atoms with E-state index in [9.17, 15) is 23.5 Å². The summed E-state index contributed by atoms with van der Waals surface area (Å²) in [7, 11) is 1.55. The summed E-state index contributed by atoms with van der Waals surface area (Å²) in [5.41, 5.74) is 6.38. The fourth-order valence-corrected chi connectivity index (χ4v) is 3.12. The fraction of sp³-hybridized carbons (Fsp3) is 0.350. The van der Waals surface area contributed by atoms with E-state index in [4.69, 9.17) is 5.73 Å². The van der Waals surface area contributed by atoms with Crippen LogP contribution in [0.5, 0.6) is 0 Å². The molecule has 1 atom stereocenters. The monoisotopic (exact) mass is 402 g/mol. The second-order valence-corrected chi connectivity index (χ2v) is 6.83. The van der Waals surface area contributed by atoms with Crippen molar-refractivity contribution in [1.29, 1.82) is 0 Å². The van der Waals surface area contributed by atoms with Crippen molar-refractivity contribution < 1.29 is 23.5 Å². The predicted molar refractivity (Wildman–Crippen MR) is 101 cm³/mol. The van der Waals surface area contributed by atoms with E-state index < -0.39 is 36.7 Å². The summed E-state index contributed by atoms with van der Waals surface area (Å²) >= 11 is 0. The number of nitrogens with zero attached hydrogens (tertiary/aromatic N) is 3. The van der Waals surface area contributed by atoms with Gasteiger partial charge in [-0.2, -0.15) is 5.10 Å². The normalized spacial score (nSPS) is 15.2. The topological polar surface area (TPSA) is 101 Å². The largest absolute Gasteiger partial charge is 0.372 e. The van der Waals surface area contributed by atoms with Crippen molar-refractivity contribution in [2.45, 2.75) is 31.8 Å². The van der Waals surface area contributed by atoms with Gasteiger partial charge in [-0.1, -0.05) is 17.9 Å². The number of likely N-dealkylation sites (N-methyl/N-ethyl adjacent to an activating group) is 1. The van der Waals surface area contributed by atoms with Crippen LogP contribution in [0.3, 0.4) is 0 Å². The van der Waals surface area contributed by atoms with Crippen LogP contribution in [0.4, 0.5) is 8.78 Å². The number of aliphatic hydroxyl groups is 1. The molecule has 2 amide bonds. The summed E-state index contributed by atoms with van der Waals surface area (Å²) in [4.78, 5) is 24.8. The van der Waals surface area contributed by atoms with E-state index >= 15 is 0 Å². The number of aliphatic hydroxyl groups excluding tert-OH is 1. The van der Waals surface area contributed by atoms with Gasteiger partial charge in [0.2, 0.25) is 0 Å². The van der Waals surface area contributed by atoms with Crippen LogP contribution >= 0.6 is 0 Å². The van der Waals surface area contributed by atoms with E-state index in [1.54, 1.807) is 38.2 Å². The van der Waals surface area contributed by atoms with Crippen molar-refractivity contribution in [3.63, 3.8) is 0 Å². The number of alkyl halides is 2. The molecule has 2 aromatic rings. The molecule has 1 heterocycles. The lowest BCUT2D eigenvalue weighted by Gasteiger charge is -2.15. The number of carbonyl (C=O) groups excluding carboxylic acids is 2. The zero-order valence-corrected chi connectivity index (χ0v) is 15.9. The van der Waals surface area contributed by atoms with Crippen LogP contribution in [0, 0.1) is 11.8 Å². The van der Waals surface area contributed by atoms with Crippen molar-refractivity contribution in [2.24, 2.45) is 5.73 Å². The standard InChI is InChI=1S/C20H20F2N4O3/c1-3-25(2)19(29)16(27)8-7-12-5-4-6-13(9-12)26-15-11-20(21,22)10-14(15)17(24-26)18(23)28/h4-6,9,16,27H,3,10-11H2,1-2H3,(H2,23,28). The maximum Gasteiger partial charge on any atom is 0.269 e. The molecule has 7 nitrogen and oxygen atoms in total. The van der Waals surface area contributed by atoms with E-state index in [0.717, 1.165) is 0 Å². The maximum atomic E-state index is 13.9. The van der Waals surface area contributed by atoms with E-state index in [1.807, 2.05) is 0 Å². The molecule has 0 radical (unpaired) electrons. The molecular formula is C20H20F2N4O3. The first-order valence-corrected chi connectivity index (χ1v) is 8.96. The van der Waals surface area contributed by atoms with Gasteiger partial charge in [0.1, 0.15) is 0 Å². The molecule has 9 heteroatoms. The van der Waals surface area contributed by atoms with Crippen LogP contribution < -0.4 is 5.73 Å². The first kappa shape index (κ1) is 20.5. The Balaban J connectivity index is 1.94. The summed E-state index contributed by atoms with van der Waals surface area (Å²) in [6, 6.07) is 6.48. The number of fused-ring (bicyclic) bond motifs is 1. The van der Waals surface area contributed by atoms with Crippen LogP contribution in [0.1, 0.15) is 34.2 Å². The van der Waals surface area contributed by atoms with Crippen LogP contribution in [0.2, 0.25) is 0 Å². The van der Waals surface area contributed by atoms with E-state index in [-0.39, 0.29) is 17.0 Å². The van der Waals surface area contributed by atoms with Crippen molar-refractivity contribution in [3.05, 3.63) is 46.8 Å². The highest BCUT2D eigenvalue weighted by molar-refractivity contribution is 5.93. The molecule has 3 rings (SSSR count). The van der Waals surface area contributed by atoms with Gasteiger partial charge < -0.3 is 15.7 Å². The molecule has 29 heavy (non-hydrogen) atoms. The van der Waals surface area contributed by atoms with Gasteiger partial charge in [0, 0.05) is 31.1 Å². The molecule has 1 unspecified atom stereocenters. The zero-order chi connectivity index (χ0) is 21.3. The summed E-state index contributed by atoms with van der Waals surface area (Å²) in [6.45, 7) is 2.21. The van der Waals surface area contributed by atoms with Crippen molar-refractivity contribution in [2.75, 3.05) is 13.6 Å². The molecule has 3 N–H and O–H groups in total. The van der Waals surface area contributed by atoms with Gasteiger partial charge in [-0.25, -0.2) is 13.5 Å². The molecule has 0 saturated carbocycles. The highest BCUT2D eigenvalue weighted by Crippen LogP contribution is 2.37. The lowest BCUT2D eigenvalue weighted by atomic mass is 10.1. The van der Waals surface area contributed by atoms with Crippen molar-refractivity contribution >= 4 is 11.8 Å². The number of hydrogen-bond acceptors (Lipinski definition) is 4. The Kier molecular flexibility index (Phi) is 5.40. The van der Waals surface area contributed by atoms with Crippen molar-refractivity contribution in [1.82, 2.24) is 14.7 Å². The number of benzene rings is 1. The van der Waals surface area contributed by atoms with Crippen LogP contribution in [-0.2, 0) is 17.6 Å². The van der Waals surface area contributed by atoms with Gasteiger partial charge in [-0.05, 0) is 25.1 Å². The summed E-state index contributed by atoms with van der Waals surface area (Å²) < 4.78 is 29.1. The SMILES string of the molecule is CCN(C)C(=O)C(O)C#Cc1cccc(-n2nc(C(N)=O)c3c2CC(F)(F)C3)c1. The quantitative estimate of drug-likeness (QED) is 0.742. The summed E-state index contributed by atoms with van der Waals surface area (Å²) in [5.74, 6) is 0.822. The number of carbonyl (C=O) groups is 2. The Bertz CT molecular complexity index is 1040. The second-order valence-electron chi connectivity index (χ2n) is 6.83. The van der Waals surface area contributed by atoms with Crippen LogP contribution in [0.25, 0.3) is 5.69 Å². The first-order valence-electron chi connectivity index (χ1n) is 8.96. The predicted octanol–water partition coefficient (Wildman–Crippen LogP) is 0.896. The van der Waals surface area contributed by atoms with Crippen LogP contribution in [0.15, 0.2) is 24.3 Å². The Morgan fingerprint density at radius 1 is 1.41 bits per heavy atom. The highest BCUT2D eigenvalue weighted by Gasteiger charge is 2.43. The third-order valence-electron chi connectivity index (χ3n) is 4.71. The molecule has 1 aliphatic rings. The number of halogens is 2. The summed E-state index contributed by atoms with van der Waals surface area (Å²) in [5, 5.41) is 14.0. The van der Waals surface area contributed by atoms with Crippen LogP contribution in [-0.4, -0.2) is 57.2 Å². The smallest absolute Gasteiger partial charge is 0.269 e. The third kappa shape index (κ3) is 4.12. The lowest BCUT2D eigenvalue weighted by molar-refractivity contribution is -0.135. The molecule has 1 aromatic carbocycles. The fourth-order valence-electron chi connectivity index (χ4n) is 3.12. The van der Waals surface area contributed by atoms with Gasteiger partial charge in [-0.3, -0.25) is 9.59 Å². The molecule has 1 aliphatic carbocycles. The average Bonchev–Trinajstić information content (AvgIpc) is 3.17. The Hall–Kier alpha value is -3.25. The molecule has 0 spiro atoms. The highest BCUT2D eigenvalue weighted by atomic mass is 19.3. The number of hydrogen-bond donors (Lipinski definition) is 2. The Morgan fingerprint density at radius 3 is 2.79 bits per heavy atom. The molecule has 1 aromatic heterocycles. The number of primary amides is 1. The molecule has 0 bridgehead atoms. The number of rotatable bonds is 4. The van der Waals surface area contributed by atoms with Crippen molar-refractivity contribution in [3.8, 4) is 17.5 Å². The second kappa shape index (κ2) is 7.64. The minimum absolute atomic E-state index is 0.155. The summed E-state index contributed by atoms with van der Waals surface area (Å²) in [6.07, 6.45) is -2.60. The Morgan fingerprint density at radius 2 is 2.14 bits per heavy atom. The number of nitrogens with two attached hydrogens (primary N) is 1. The zero-order valence-electron chi connectivity index (χ0n) is 15.9. The molecule has 0 saturated heterocycles. The van der Waals surface area contributed by atoms with Gasteiger partial charge in [-0.15, -0.1) is 0 Å². The first-order chi connectivity index (χ1) is 13.6. The molecule has 152 valence electrons. The number of amides is 2. The third-order valence-corrected chi connectivity index (χ3v) is 4.71. The van der Waals surface area contributed by atoms with E-state index in [2.05, 4.69) is 16.9 Å². The Labute approximate surface area is 166 Å². The minimum atomic E-state index is -2.97. The maximum absolute atomic E-state index is 13.9. The molecule has 0 fully saturated rings. The lowest BCUT2D eigenvalue weighted by Crippen LogP contribution is -2.35.